The quantitative estimate of drug-likeness (QED) is 0.346. The Kier molecular flexibility index (Phi) is 8.67. The standard InChI is InChI=1S/C34H43NO8/c1-32-15-12-23(36)19-22(32)8-9-24-25(32)13-16-33(2)26(24)14-17-34(33,42)28(37)20-43-30(39)11-10-29(38)35-27(31(40)41)18-21-6-4-3-5-7-21/h3-7,19,24-27,42H,8-18,20H2,1-2H3,(H,35,38)(H,40,41)/t24-,25+,26+,27-,32-,33-,34-/m0/s1. The van der Waals surface area contributed by atoms with E-state index in [4.69, 9.17) is 4.74 Å². The Hall–Kier alpha value is -3.33. The SMILES string of the molecule is C[C@]12CCC(=O)C=C1CC[C@H]1[C@H]2CC[C@@]2(C)[C@@H]1CC[C@]2(O)C(=O)COC(=O)CCC(=O)N[C@@H](Cc1ccccc1)C(=O)O. The van der Waals surface area contributed by atoms with Crippen molar-refractivity contribution in [3.05, 3.63) is 47.5 Å². The molecule has 0 bridgehead atoms. The number of carbonyl (C=O) groups excluding carboxylic acids is 4. The molecule has 9 heteroatoms. The number of hydrogen-bond donors (Lipinski definition) is 3. The first-order valence-corrected chi connectivity index (χ1v) is 15.6. The van der Waals surface area contributed by atoms with E-state index in [1.54, 1.807) is 24.3 Å². The second-order valence-corrected chi connectivity index (χ2v) is 13.6. The molecule has 3 fully saturated rings. The van der Waals surface area contributed by atoms with Crippen molar-refractivity contribution >= 4 is 29.4 Å². The molecule has 4 aliphatic carbocycles. The molecule has 232 valence electrons. The number of carbonyl (C=O) groups is 5. The molecular weight excluding hydrogens is 550 g/mol. The number of allylic oxidation sites excluding steroid dienone is 1. The van der Waals surface area contributed by atoms with Crippen molar-refractivity contribution in [2.75, 3.05) is 6.61 Å². The minimum absolute atomic E-state index is 0.00325. The lowest BCUT2D eigenvalue weighted by atomic mass is 9.46. The number of ether oxygens (including phenoxy) is 1. The molecule has 43 heavy (non-hydrogen) atoms. The van der Waals surface area contributed by atoms with Crippen LogP contribution in [-0.4, -0.2) is 57.9 Å². The van der Waals surface area contributed by atoms with Crippen LogP contribution in [0.3, 0.4) is 0 Å². The topological polar surface area (TPSA) is 147 Å². The number of amides is 1. The van der Waals surface area contributed by atoms with Gasteiger partial charge in [0.25, 0.3) is 0 Å². The maximum Gasteiger partial charge on any atom is 0.326 e. The third-order valence-electron chi connectivity index (χ3n) is 11.4. The Morgan fingerprint density at radius 2 is 1.70 bits per heavy atom. The lowest BCUT2D eigenvalue weighted by molar-refractivity contribution is -0.170. The van der Waals surface area contributed by atoms with Gasteiger partial charge in [0, 0.05) is 24.7 Å². The van der Waals surface area contributed by atoms with Gasteiger partial charge in [-0.05, 0) is 79.8 Å². The Morgan fingerprint density at radius 3 is 2.42 bits per heavy atom. The fourth-order valence-electron chi connectivity index (χ4n) is 8.90. The summed E-state index contributed by atoms with van der Waals surface area (Å²) in [4.78, 5) is 62.0. The zero-order chi connectivity index (χ0) is 31.0. The van der Waals surface area contributed by atoms with Gasteiger partial charge in [0.1, 0.15) is 11.6 Å². The normalized spacial score (nSPS) is 33.7. The Labute approximate surface area is 252 Å². The van der Waals surface area contributed by atoms with Crippen LogP contribution in [0.1, 0.15) is 83.6 Å². The zero-order valence-electron chi connectivity index (χ0n) is 25.1. The van der Waals surface area contributed by atoms with Gasteiger partial charge >= 0.3 is 11.9 Å². The highest BCUT2D eigenvalue weighted by Gasteiger charge is 2.66. The largest absolute Gasteiger partial charge is 0.480 e. The molecule has 3 saturated carbocycles. The molecule has 0 saturated heterocycles. The second kappa shape index (κ2) is 12.0. The molecule has 7 atom stereocenters. The van der Waals surface area contributed by atoms with Crippen LogP contribution in [0.2, 0.25) is 0 Å². The maximum atomic E-state index is 13.4. The van der Waals surface area contributed by atoms with Gasteiger partial charge in [-0.15, -0.1) is 0 Å². The molecule has 0 aliphatic heterocycles. The first kappa shape index (κ1) is 31.1. The molecule has 5 rings (SSSR count). The highest BCUT2D eigenvalue weighted by molar-refractivity contribution is 5.92. The smallest absolute Gasteiger partial charge is 0.326 e. The van der Waals surface area contributed by atoms with E-state index in [0.717, 1.165) is 37.7 Å². The number of carboxylic acids is 1. The number of Topliss-reactive ketones (excluding diaryl/α,β-unsaturated/α-hetero) is 1. The number of aliphatic hydroxyl groups is 1. The van der Waals surface area contributed by atoms with Crippen LogP contribution in [0.5, 0.6) is 0 Å². The molecule has 0 aromatic heterocycles. The van der Waals surface area contributed by atoms with Gasteiger partial charge in [-0.2, -0.15) is 0 Å². The van der Waals surface area contributed by atoms with Crippen LogP contribution in [-0.2, 0) is 35.1 Å². The average Bonchev–Trinajstić information content (AvgIpc) is 3.26. The summed E-state index contributed by atoms with van der Waals surface area (Å²) in [6.45, 7) is 3.74. The van der Waals surface area contributed by atoms with Crippen LogP contribution < -0.4 is 5.32 Å². The summed E-state index contributed by atoms with van der Waals surface area (Å²) in [5, 5.41) is 23.8. The van der Waals surface area contributed by atoms with Crippen LogP contribution in [0.15, 0.2) is 42.0 Å². The fraction of sp³-hybridized carbons (Fsp3) is 0.618. The number of hydrogen-bond acceptors (Lipinski definition) is 7. The van der Waals surface area contributed by atoms with Gasteiger partial charge in [-0.3, -0.25) is 19.2 Å². The summed E-state index contributed by atoms with van der Waals surface area (Å²) in [5.74, 6) is -1.85. The van der Waals surface area contributed by atoms with Crippen molar-refractivity contribution in [3.8, 4) is 0 Å². The Morgan fingerprint density at radius 1 is 0.977 bits per heavy atom. The van der Waals surface area contributed by atoms with Crippen LogP contribution in [0.25, 0.3) is 0 Å². The highest BCUT2D eigenvalue weighted by Crippen LogP contribution is 2.67. The Balaban J connectivity index is 1.14. The number of aliphatic carboxylic acids is 1. The summed E-state index contributed by atoms with van der Waals surface area (Å²) in [7, 11) is 0. The molecule has 3 N–H and O–H groups in total. The third kappa shape index (κ3) is 5.80. The van der Waals surface area contributed by atoms with Crippen molar-refractivity contribution in [2.24, 2.45) is 28.6 Å². The van der Waals surface area contributed by atoms with Crippen LogP contribution in [0, 0.1) is 28.6 Å². The van der Waals surface area contributed by atoms with Gasteiger partial charge in [0.05, 0.1) is 6.42 Å². The number of rotatable bonds is 10. The summed E-state index contributed by atoms with van der Waals surface area (Å²) in [6.07, 6.45) is 7.30. The molecule has 0 heterocycles. The van der Waals surface area contributed by atoms with E-state index in [1.807, 2.05) is 19.1 Å². The first-order valence-electron chi connectivity index (χ1n) is 15.6. The van der Waals surface area contributed by atoms with Gasteiger partial charge in [-0.1, -0.05) is 49.8 Å². The van der Waals surface area contributed by atoms with E-state index in [-0.39, 0.29) is 36.4 Å². The van der Waals surface area contributed by atoms with Gasteiger partial charge < -0.3 is 20.3 Å². The predicted octanol–water partition coefficient (Wildman–Crippen LogP) is 3.95. The molecule has 1 aromatic rings. The van der Waals surface area contributed by atoms with Gasteiger partial charge in [0.15, 0.2) is 12.4 Å². The first-order chi connectivity index (χ1) is 20.4. The number of fused-ring (bicyclic) bond motifs is 5. The van der Waals surface area contributed by atoms with E-state index in [9.17, 15) is 34.2 Å². The maximum absolute atomic E-state index is 13.4. The highest BCUT2D eigenvalue weighted by atomic mass is 16.5. The van der Waals surface area contributed by atoms with Crippen LogP contribution in [0.4, 0.5) is 0 Å². The van der Waals surface area contributed by atoms with E-state index in [1.165, 1.54) is 5.57 Å². The van der Waals surface area contributed by atoms with Gasteiger partial charge in [0.2, 0.25) is 11.7 Å². The Bertz CT molecular complexity index is 1320. The summed E-state index contributed by atoms with van der Waals surface area (Å²) in [6, 6.07) is 7.78. The molecule has 0 unspecified atom stereocenters. The van der Waals surface area contributed by atoms with Gasteiger partial charge in [-0.25, -0.2) is 4.79 Å². The van der Waals surface area contributed by atoms with Crippen molar-refractivity contribution in [2.45, 2.75) is 96.1 Å². The second-order valence-electron chi connectivity index (χ2n) is 13.6. The summed E-state index contributed by atoms with van der Waals surface area (Å²) in [5.41, 5.74) is -0.187. The average molecular weight is 594 g/mol. The monoisotopic (exact) mass is 593 g/mol. The minimum Gasteiger partial charge on any atom is -0.480 e. The van der Waals surface area contributed by atoms with Crippen molar-refractivity contribution < 1.29 is 38.9 Å². The molecule has 0 radical (unpaired) electrons. The van der Waals surface area contributed by atoms with E-state index < -0.39 is 47.3 Å². The molecule has 1 aromatic carbocycles. The van der Waals surface area contributed by atoms with E-state index in [2.05, 4.69) is 12.2 Å². The lowest BCUT2D eigenvalue weighted by Crippen LogP contribution is -2.58. The molecule has 4 aliphatic rings. The molecular formula is C34H43NO8. The number of carboxylic acid groups (broad SMARTS) is 1. The lowest BCUT2D eigenvalue weighted by Gasteiger charge is -2.58. The molecule has 0 spiro atoms. The fourth-order valence-corrected chi connectivity index (χ4v) is 8.90. The molecule has 1 amide bonds. The van der Waals surface area contributed by atoms with E-state index >= 15 is 0 Å². The number of ketones is 2. The van der Waals surface area contributed by atoms with Crippen molar-refractivity contribution in [1.82, 2.24) is 5.32 Å². The zero-order valence-corrected chi connectivity index (χ0v) is 25.1. The minimum atomic E-state index is -1.59. The summed E-state index contributed by atoms with van der Waals surface area (Å²) >= 11 is 0. The third-order valence-corrected chi connectivity index (χ3v) is 11.4. The van der Waals surface area contributed by atoms with Crippen molar-refractivity contribution in [1.29, 1.82) is 0 Å². The number of esters is 1. The number of benzene rings is 1. The predicted molar refractivity (Wildman–Crippen MR) is 157 cm³/mol. The van der Waals surface area contributed by atoms with Crippen LogP contribution >= 0.6 is 0 Å². The van der Waals surface area contributed by atoms with E-state index in [0.29, 0.717) is 31.1 Å². The number of nitrogens with one attached hydrogen (secondary N) is 1. The molecule has 9 nitrogen and oxygen atoms in total. The summed E-state index contributed by atoms with van der Waals surface area (Å²) < 4.78 is 5.22. The van der Waals surface area contributed by atoms with Crippen molar-refractivity contribution in [3.63, 3.8) is 0 Å².